The summed E-state index contributed by atoms with van der Waals surface area (Å²) in [5, 5.41) is 5.83. The molecule has 1 unspecified atom stereocenters. The predicted molar refractivity (Wildman–Crippen MR) is 130 cm³/mol. The van der Waals surface area contributed by atoms with Crippen LogP contribution in [0.25, 0.3) is 11.5 Å². The highest BCUT2D eigenvalue weighted by molar-refractivity contribution is 6.05. The van der Waals surface area contributed by atoms with Crippen LogP contribution >= 0.6 is 0 Å². The average Bonchev–Trinajstić information content (AvgIpc) is 3.38. The molecule has 2 amide bonds. The summed E-state index contributed by atoms with van der Waals surface area (Å²) in [7, 11) is 0. The number of aromatic nitrogens is 1. The van der Waals surface area contributed by atoms with Gasteiger partial charge in [0.25, 0.3) is 5.91 Å². The number of anilines is 1. The Hall–Kier alpha value is -4.13. The lowest BCUT2D eigenvalue weighted by Crippen LogP contribution is -2.27. The minimum Gasteiger partial charge on any atom is -0.466 e. The number of hydrogen-bond donors (Lipinski definition) is 2. The minimum atomic E-state index is -0.268. The highest BCUT2D eigenvalue weighted by Gasteiger charge is 2.18. The molecule has 0 aliphatic heterocycles. The molecular formula is C27H27N3O4. The molecule has 1 atom stereocenters. The van der Waals surface area contributed by atoms with Gasteiger partial charge in [-0.05, 0) is 57.5 Å². The van der Waals surface area contributed by atoms with Crippen LogP contribution in [0.4, 0.5) is 5.69 Å². The van der Waals surface area contributed by atoms with Crippen molar-refractivity contribution in [1.29, 1.82) is 0 Å². The lowest BCUT2D eigenvalue weighted by Gasteiger charge is -2.11. The Morgan fingerprint density at radius 1 is 0.941 bits per heavy atom. The second kappa shape index (κ2) is 9.79. The van der Waals surface area contributed by atoms with Crippen molar-refractivity contribution < 1.29 is 18.4 Å². The molecule has 0 aliphatic carbocycles. The zero-order valence-electron chi connectivity index (χ0n) is 19.6. The normalized spacial score (nSPS) is 11.8. The Morgan fingerprint density at radius 3 is 2.41 bits per heavy atom. The molecule has 7 heteroatoms. The summed E-state index contributed by atoms with van der Waals surface area (Å²) in [5.74, 6) is 1.71. The first kappa shape index (κ1) is 23.0. The van der Waals surface area contributed by atoms with Crippen molar-refractivity contribution in [1.82, 2.24) is 10.3 Å². The number of oxazole rings is 1. The maximum atomic E-state index is 12.6. The maximum Gasteiger partial charge on any atom is 0.259 e. The Kier molecular flexibility index (Phi) is 6.63. The predicted octanol–water partition coefficient (Wildman–Crippen LogP) is 5.53. The van der Waals surface area contributed by atoms with Crippen molar-refractivity contribution in [2.75, 3.05) is 5.32 Å². The van der Waals surface area contributed by atoms with Gasteiger partial charge in [0.15, 0.2) is 0 Å². The number of furan rings is 1. The summed E-state index contributed by atoms with van der Waals surface area (Å²) in [4.78, 5) is 29.8. The molecule has 4 rings (SSSR count). The van der Waals surface area contributed by atoms with E-state index >= 15 is 0 Å². The Morgan fingerprint density at radius 2 is 1.71 bits per heavy atom. The van der Waals surface area contributed by atoms with Gasteiger partial charge >= 0.3 is 0 Å². The van der Waals surface area contributed by atoms with Crippen molar-refractivity contribution in [3.63, 3.8) is 0 Å². The van der Waals surface area contributed by atoms with Gasteiger partial charge in [0, 0.05) is 11.3 Å². The highest BCUT2D eigenvalue weighted by Crippen LogP contribution is 2.25. The van der Waals surface area contributed by atoms with Crippen LogP contribution in [0.1, 0.15) is 51.7 Å². The summed E-state index contributed by atoms with van der Waals surface area (Å²) in [6.07, 6.45) is 0. The first-order chi connectivity index (χ1) is 16.3. The molecule has 0 saturated heterocycles. The van der Waals surface area contributed by atoms with Crippen LogP contribution in [-0.4, -0.2) is 16.8 Å². The Balaban J connectivity index is 1.44. The van der Waals surface area contributed by atoms with Crippen LogP contribution in [0.5, 0.6) is 0 Å². The van der Waals surface area contributed by atoms with Gasteiger partial charge in [-0.3, -0.25) is 9.59 Å². The minimum absolute atomic E-state index is 0.0790. The van der Waals surface area contributed by atoms with E-state index in [1.807, 2.05) is 56.3 Å². The van der Waals surface area contributed by atoms with Crippen LogP contribution in [-0.2, 0) is 11.3 Å². The largest absolute Gasteiger partial charge is 0.466 e. The fraction of sp³-hybridized carbons (Fsp3) is 0.222. The van der Waals surface area contributed by atoms with E-state index in [4.69, 9.17) is 8.83 Å². The smallest absolute Gasteiger partial charge is 0.259 e. The van der Waals surface area contributed by atoms with Crippen LogP contribution in [0, 0.1) is 20.8 Å². The van der Waals surface area contributed by atoms with Gasteiger partial charge < -0.3 is 19.5 Å². The molecule has 174 valence electrons. The summed E-state index contributed by atoms with van der Waals surface area (Å²) in [5.41, 5.74) is 3.44. The van der Waals surface area contributed by atoms with Gasteiger partial charge in [-0.15, -0.1) is 0 Å². The van der Waals surface area contributed by atoms with Gasteiger partial charge in [0.1, 0.15) is 23.0 Å². The molecule has 7 nitrogen and oxygen atoms in total. The molecule has 0 aliphatic rings. The number of nitrogens with zero attached hydrogens (tertiary/aromatic N) is 1. The third-order valence-corrected chi connectivity index (χ3v) is 5.67. The van der Waals surface area contributed by atoms with Gasteiger partial charge in [0.2, 0.25) is 11.8 Å². The Bertz CT molecular complexity index is 1320. The van der Waals surface area contributed by atoms with E-state index in [1.54, 1.807) is 32.0 Å². The van der Waals surface area contributed by atoms with E-state index in [0.29, 0.717) is 40.1 Å². The number of carbonyl (C=O) groups excluding carboxylic acids is 2. The topological polar surface area (TPSA) is 97.4 Å². The molecule has 2 aromatic heterocycles. The van der Waals surface area contributed by atoms with Crippen LogP contribution < -0.4 is 10.6 Å². The number of benzene rings is 2. The van der Waals surface area contributed by atoms with Gasteiger partial charge in [-0.25, -0.2) is 4.98 Å². The third-order valence-electron chi connectivity index (χ3n) is 5.67. The monoisotopic (exact) mass is 457 g/mol. The molecule has 0 radical (unpaired) electrons. The molecule has 0 bridgehead atoms. The van der Waals surface area contributed by atoms with Crippen molar-refractivity contribution in [3.05, 3.63) is 94.8 Å². The summed E-state index contributed by atoms with van der Waals surface area (Å²) < 4.78 is 11.3. The molecule has 2 heterocycles. The van der Waals surface area contributed by atoms with Gasteiger partial charge in [0.05, 0.1) is 18.0 Å². The average molecular weight is 458 g/mol. The number of carbonyl (C=O) groups is 2. The van der Waals surface area contributed by atoms with Gasteiger partial charge in [-0.1, -0.05) is 36.4 Å². The fourth-order valence-corrected chi connectivity index (χ4v) is 3.72. The molecule has 0 saturated carbocycles. The number of aryl methyl sites for hydroxylation is 3. The second-order valence-corrected chi connectivity index (χ2v) is 8.23. The fourth-order valence-electron chi connectivity index (χ4n) is 3.72. The van der Waals surface area contributed by atoms with E-state index in [-0.39, 0.29) is 24.3 Å². The highest BCUT2D eigenvalue weighted by atomic mass is 16.4. The quantitative estimate of drug-likeness (QED) is 0.380. The maximum absolute atomic E-state index is 12.6. The number of amides is 2. The lowest BCUT2D eigenvalue weighted by atomic mass is 10.0. The zero-order chi connectivity index (χ0) is 24.2. The second-order valence-electron chi connectivity index (χ2n) is 8.23. The van der Waals surface area contributed by atoms with Crippen molar-refractivity contribution in [3.8, 4) is 11.5 Å². The molecule has 0 fully saturated rings. The standard InChI is InChI=1S/C27H27N3O4/c1-16-13-23(18(3)33-16)26(32)29-22-12-8-11-21(14-22)27-30-24(19(4)34-27)15-28-25(31)17(2)20-9-6-5-7-10-20/h5-14,17H,15H2,1-4H3,(H,28,31)(H,29,32). The zero-order valence-corrected chi connectivity index (χ0v) is 19.6. The van der Waals surface area contributed by atoms with Crippen molar-refractivity contribution in [2.45, 2.75) is 40.2 Å². The molecule has 2 N–H and O–H groups in total. The number of nitrogens with one attached hydrogen (secondary N) is 2. The first-order valence-corrected chi connectivity index (χ1v) is 11.1. The van der Waals surface area contributed by atoms with Crippen LogP contribution in [0.2, 0.25) is 0 Å². The van der Waals surface area contributed by atoms with Crippen LogP contribution in [0.3, 0.4) is 0 Å². The summed E-state index contributed by atoms with van der Waals surface area (Å²) in [6.45, 7) is 7.51. The first-order valence-electron chi connectivity index (χ1n) is 11.1. The number of hydrogen-bond acceptors (Lipinski definition) is 5. The lowest BCUT2D eigenvalue weighted by molar-refractivity contribution is -0.122. The molecule has 0 spiro atoms. The van der Waals surface area contributed by atoms with E-state index in [2.05, 4.69) is 15.6 Å². The molecule has 34 heavy (non-hydrogen) atoms. The third kappa shape index (κ3) is 5.09. The van der Waals surface area contributed by atoms with Gasteiger partial charge in [-0.2, -0.15) is 0 Å². The van der Waals surface area contributed by atoms with E-state index in [1.165, 1.54) is 0 Å². The van der Waals surface area contributed by atoms with Crippen molar-refractivity contribution in [2.24, 2.45) is 0 Å². The molecule has 4 aromatic rings. The van der Waals surface area contributed by atoms with Crippen LogP contribution in [0.15, 0.2) is 69.5 Å². The van der Waals surface area contributed by atoms with E-state index < -0.39 is 0 Å². The van der Waals surface area contributed by atoms with E-state index in [9.17, 15) is 9.59 Å². The molecular weight excluding hydrogens is 430 g/mol. The SMILES string of the molecule is Cc1cc(C(=O)Nc2cccc(-c3nc(CNC(=O)C(C)c4ccccc4)c(C)o3)c2)c(C)o1. The molecule has 2 aromatic carbocycles. The summed E-state index contributed by atoms with van der Waals surface area (Å²) in [6, 6.07) is 18.6. The Labute approximate surface area is 198 Å². The van der Waals surface area contributed by atoms with E-state index in [0.717, 1.165) is 11.1 Å². The van der Waals surface area contributed by atoms with Crippen molar-refractivity contribution >= 4 is 17.5 Å². The summed E-state index contributed by atoms with van der Waals surface area (Å²) >= 11 is 0. The number of rotatable bonds is 7.